The standard InChI is InChI=1S/C23H22N4O4S/c1-14-22(18-8-9-27(26-18)16-4-6-20-21(11-16)31-13-30-20)32-23(25-14)24-12-15-10-17(28-2)5-7-19(15)29-3/h4-11H,12-13H2,1-3H3,(H,24,25). The molecular weight excluding hydrogens is 428 g/mol. The number of aryl methyl sites for hydroxylation is 1. The Kier molecular flexibility index (Phi) is 5.32. The van der Waals surface area contributed by atoms with Crippen LogP contribution in [-0.2, 0) is 6.54 Å². The Morgan fingerprint density at radius 1 is 1.06 bits per heavy atom. The van der Waals surface area contributed by atoms with E-state index in [9.17, 15) is 0 Å². The lowest BCUT2D eigenvalue weighted by molar-refractivity contribution is 0.174. The smallest absolute Gasteiger partial charge is 0.231 e. The maximum atomic E-state index is 5.47. The van der Waals surface area contributed by atoms with E-state index in [0.717, 1.165) is 55.6 Å². The van der Waals surface area contributed by atoms with Crippen molar-refractivity contribution in [3.8, 4) is 39.3 Å². The molecule has 0 aliphatic carbocycles. The van der Waals surface area contributed by atoms with Crippen LogP contribution in [0.25, 0.3) is 16.3 Å². The number of nitrogens with one attached hydrogen (secondary N) is 1. The fraction of sp³-hybridized carbons (Fsp3) is 0.217. The summed E-state index contributed by atoms with van der Waals surface area (Å²) >= 11 is 1.57. The fourth-order valence-electron chi connectivity index (χ4n) is 3.52. The maximum absolute atomic E-state index is 5.47. The van der Waals surface area contributed by atoms with E-state index < -0.39 is 0 Å². The van der Waals surface area contributed by atoms with E-state index in [0.29, 0.717) is 6.54 Å². The van der Waals surface area contributed by atoms with Crippen LogP contribution in [0.1, 0.15) is 11.3 Å². The zero-order valence-electron chi connectivity index (χ0n) is 17.9. The summed E-state index contributed by atoms with van der Waals surface area (Å²) in [6.07, 6.45) is 1.93. The third kappa shape index (κ3) is 3.82. The average molecular weight is 451 g/mol. The van der Waals surface area contributed by atoms with Gasteiger partial charge in [-0.15, -0.1) is 0 Å². The molecule has 5 rings (SSSR count). The molecule has 0 spiro atoms. The van der Waals surface area contributed by atoms with Crippen molar-refractivity contribution in [3.05, 3.63) is 59.9 Å². The summed E-state index contributed by atoms with van der Waals surface area (Å²) in [7, 11) is 3.31. The first-order valence-corrected chi connectivity index (χ1v) is 10.8. The first-order valence-electron chi connectivity index (χ1n) is 10.0. The summed E-state index contributed by atoms with van der Waals surface area (Å²) in [6.45, 7) is 2.81. The van der Waals surface area contributed by atoms with E-state index in [1.165, 1.54) is 0 Å². The van der Waals surface area contributed by atoms with Crippen molar-refractivity contribution in [1.29, 1.82) is 0 Å². The van der Waals surface area contributed by atoms with Crippen LogP contribution in [0.5, 0.6) is 23.0 Å². The van der Waals surface area contributed by atoms with Crippen LogP contribution in [0, 0.1) is 6.92 Å². The van der Waals surface area contributed by atoms with E-state index >= 15 is 0 Å². The van der Waals surface area contributed by atoms with E-state index in [2.05, 4.69) is 10.3 Å². The van der Waals surface area contributed by atoms with E-state index in [4.69, 9.17) is 24.0 Å². The van der Waals surface area contributed by atoms with E-state index in [1.54, 1.807) is 25.6 Å². The topological polar surface area (TPSA) is 79.7 Å². The molecule has 0 fully saturated rings. The van der Waals surface area contributed by atoms with E-state index in [1.807, 2.05) is 60.3 Å². The van der Waals surface area contributed by atoms with E-state index in [-0.39, 0.29) is 6.79 Å². The molecule has 3 heterocycles. The predicted octanol–water partition coefficient (Wildman–Crippen LogP) is 4.66. The van der Waals surface area contributed by atoms with Crippen LogP contribution < -0.4 is 24.3 Å². The first kappa shape index (κ1) is 20.2. The average Bonchev–Trinajstić information content (AvgIpc) is 3.56. The largest absolute Gasteiger partial charge is 0.497 e. The number of ether oxygens (including phenoxy) is 4. The highest BCUT2D eigenvalue weighted by atomic mass is 32.1. The van der Waals surface area contributed by atoms with Gasteiger partial charge in [0.2, 0.25) is 6.79 Å². The lowest BCUT2D eigenvalue weighted by atomic mass is 10.2. The number of aromatic nitrogens is 3. The van der Waals surface area contributed by atoms with Crippen molar-refractivity contribution < 1.29 is 18.9 Å². The van der Waals surface area contributed by atoms with Gasteiger partial charge >= 0.3 is 0 Å². The van der Waals surface area contributed by atoms with Crippen molar-refractivity contribution in [3.63, 3.8) is 0 Å². The number of hydrogen-bond donors (Lipinski definition) is 1. The lowest BCUT2D eigenvalue weighted by Crippen LogP contribution is -2.02. The minimum Gasteiger partial charge on any atom is -0.497 e. The van der Waals surface area contributed by atoms with Gasteiger partial charge in [0.25, 0.3) is 0 Å². The summed E-state index contributed by atoms with van der Waals surface area (Å²) < 4.78 is 23.5. The number of rotatable bonds is 7. The molecule has 8 nitrogen and oxygen atoms in total. The quantitative estimate of drug-likeness (QED) is 0.439. The van der Waals surface area contributed by atoms with Crippen LogP contribution in [0.3, 0.4) is 0 Å². The molecule has 0 amide bonds. The van der Waals surface area contributed by atoms with Gasteiger partial charge in [-0.25, -0.2) is 9.67 Å². The predicted molar refractivity (Wildman–Crippen MR) is 122 cm³/mol. The molecule has 9 heteroatoms. The lowest BCUT2D eigenvalue weighted by Gasteiger charge is -2.10. The number of anilines is 1. The second kappa shape index (κ2) is 8.43. The zero-order valence-corrected chi connectivity index (χ0v) is 18.7. The molecule has 4 aromatic rings. The molecule has 0 bridgehead atoms. The second-order valence-electron chi connectivity index (χ2n) is 7.15. The van der Waals surface area contributed by atoms with Crippen molar-refractivity contribution in [1.82, 2.24) is 14.8 Å². The number of methoxy groups -OCH3 is 2. The molecule has 1 N–H and O–H groups in total. The molecule has 164 valence electrons. The highest BCUT2D eigenvalue weighted by Crippen LogP contribution is 2.35. The summed E-state index contributed by atoms with van der Waals surface area (Å²) in [5.41, 5.74) is 3.69. The number of thiazole rings is 1. The Morgan fingerprint density at radius 3 is 2.78 bits per heavy atom. The van der Waals surface area contributed by atoms with Crippen molar-refractivity contribution in [2.24, 2.45) is 0 Å². The van der Waals surface area contributed by atoms with Gasteiger partial charge in [0.05, 0.1) is 30.5 Å². The van der Waals surface area contributed by atoms with Crippen molar-refractivity contribution in [2.45, 2.75) is 13.5 Å². The first-order chi connectivity index (χ1) is 15.6. The molecule has 0 atom stereocenters. The van der Waals surface area contributed by atoms with Gasteiger partial charge < -0.3 is 24.3 Å². The molecule has 1 aliphatic rings. The molecule has 2 aromatic heterocycles. The normalized spacial score (nSPS) is 12.1. The van der Waals surface area contributed by atoms with Crippen molar-refractivity contribution >= 4 is 16.5 Å². The Balaban J connectivity index is 1.34. The number of benzene rings is 2. The van der Waals surface area contributed by atoms with Gasteiger partial charge in [-0.2, -0.15) is 5.10 Å². The van der Waals surface area contributed by atoms with Crippen LogP contribution in [-0.4, -0.2) is 35.8 Å². The Hall–Kier alpha value is -3.72. The number of nitrogens with zero attached hydrogens (tertiary/aromatic N) is 3. The molecule has 0 saturated heterocycles. The summed E-state index contributed by atoms with van der Waals surface area (Å²) in [5.74, 6) is 3.07. The highest BCUT2D eigenvalue weighted by Gasteiger charge is 2.16. The van der Waals surface area contributed by atoms with Gasteiger partial charge in [0.1, 0.15) is 17.2 Å². The molecule has 0 radical (unpaired) electrons. The molecular formula is C23H22N4O4S. The second-order valence-corrected chi connectivity index (χ2v) is 8.15. The van der Waals surface area contributed by atoms with Crippen LogP contribution in [0.4, 0.5) is 5.13 Å². The highest BCUT2D eigenvalue weighted by molar-refractivity contribution is 7.19. The van der Waals surface area contributed by atoms with Crippen LogP contribution in [0.15, 0.2) is 48.7 Å². The SMILES string of the molecule is COc1ccc(OC)c(CNc2nc(C)c(-c3ccn(-c4ccc5c(c4)OCO5)n3)s2)c1. The molecule has 0 saturated carbocycles. The maximum Gasteiger partial charge on any atom is 0.231 e. The summed E-state index contributed by atoms with van der Waals surface area (Å²) in [6, 6.07) is 13.5. The monoisotopic (exact) mass is 450 g/mol. The van der Waals surface area contributed by atoms with Gasteiger partial charge in [-0.05, 0) is 43.3 Å². The fourth-order valence-corrected chi connectivity index (χ4v) is 4.44. The minimum atomic E-state index is 0.251. The molecule has 2 aromatic carbocycles. The van der Waals surface area contributed by atoms with Gasteiger partial charge in [-0.3, -0.25) is 0 Å². The minimum absolute atomic E-state index is 0.251. The Labute approximate surface area is 189 Å². The molecule has 1 aliphatic heterocycles. The van der Waals surface area contributed by atoms with Gasteiger partial charge in [-0.1, -0.05) is 11.3 Å². The van der Waals surface area contributed by atoms with Crippen LogP contribution >= 0.6 is 11.3 Å². The number of hydrogen-bond acceptors (Lipinski definition) is 8. The summed E-state index contributed by atoms with van der Waals surface area (Å²) in [4.78, 5) is 5.70. The number of fused-ring (bicyclic) bond motifs is 1. The van der Waals surface area contributed by atoms with Gasteiger partial charge in [0, 0.05) is 24.4 Å². The zero-order chi connectivity index (χ0) is 22.1. The summed E-state index contributed by atoms with van der Waals surface area (Å²) in [5, 5.41) is 8.96. The Bertz CT molecular complexity index is 1270. The molecule has 0 unspecified atom stereocenters. The third-order valence-electron chi connectivity index (χ3n) is 5.16. The van der Waals surface area contributed by atoms with Gasteiger partial charge in [0.15, 0.2) is 16.6 Å². The molecule has 32 heavy (non-hydrogen) atoms. The van der Waals surface area contributed by atoms with Crippen LogP contribution in [0.2, 0.25) is 0 Å². The Morgan fingerprint density at radius 2 is 1.94 bits per heavy atom. The van der Waals surface area contributed by atoms with Crippen molar-refractivity contribution in [2.75, 3.05) is 26.3 Å². The third-order valence-corrected chi connectivity index (χ3v) is 6.29.